The second-order valence-corrected chi connectivity index (χ2v) is 7.03. The molecule has 1 heterocycles. The van der Waals surface area contributed by atoms with E-state index in [0.29, 0.717) is 12.3 Å². The summed E-state index contributed by atoms with van der Waals surface area (Å²) in [6.45, 7) is 6.23. The van der Waals surface area contributed by atoms with Gasteiger partial charge in [-0.25, -0.2) is 0 Å². The Labute approximate surface area is 141 Å². The molecule has 0 aliphatic heterocycles. The standard InChI is InChI=1S/C20H22N2O2/c1-20(2,3)19(23)13-4-9-18-14(10-13)11-16(22-18)12-24-17-7-5-15(21)6-8-17/h4-11,22H,12,21H2,1-3H3. The third kappa shape index (κ3) is 3.43. The lowest BCUT2D eigenvalue weighted by molar-refractivity contribution is 0.0858. The molecule has 0 radical (unpaired) electrons. The van der Waals surface area contributed by atoms with Crippen LogP contribution in [0.3, 0.4) is 0 Å². The average Bonchev–Trinajstić information content (AvgIpc) is 2.94. The fourth-order valence-corrected chi connectivity index (χ4v) is 2.57. The van der Waals surface area contributed by atoms with E-state index in [1.54, 1.807) is 0 Å². The molecule has 2 aromatic carbocycles. The number of benzene rings is 2. The van der Waals surface area contributed by atoms with Crippen molar-refractivity contribution < 1.29 is 9.53 Å². The average molecular weight is 322 g/mol. The zero-order chi connectivity index (χ0) is 17.3. The highest BCUT2D eigenvalue weighted by Crippen LogP contribution is 2.25. The lowest BCUT2D eigenvalue weighted by Gasteiger charge is -2.16. The highest BCUT2D eigenvalue weighted by molar-refractivity contribution is 6.02. The third-order valence-electron chi connectivity index (χ3n) is 3.89. The third-order valence-corrected chi connectivity index (χ3v) is 3.89. The number of nitrogens with one attached hydrogen (secondary N) is 1. The van der Waals surface area contributed by atoms with Gasteiger partial charge >= 0.3 is 0 Å². The Hall–Kier alpha value is -2.75. The Morgan fingerprint density at radius 3 is 2.46 bits per heavy atom. The lowest BCUT2D eigenvalue weighted by Crippen LogP contribution is -2.19. The molecule has 0 spiro atoms. The second kappa shape index (κ2) is 6.04. The van der Waals surface area contributed by atoms with Crippen LogP contribution >= 0.6 is 0 Å². The highest BCUT2D eigenvalue weighted by Gasteiger charge is 2.23. The first-order valence-corrected chi connectivity index (χ1v) is 7.98. The molecule has 0 bridgehead atoms. The van der Waals surface area contributed by atoms with E-state index in [9.17, 15) is 4.79 Å². The van der Waals surface area contributed by atoms with Crippen molar-refractivity contribution in [2.24, 2.45) is 5.41 Å². The number of nitrogens with two attached hydrogens (primary N) is 1. The first-order valence-electron chi connectivity index (χ1n) is 7.98. The van der Waals surface area contributed by atoms with Crippen LogP contribution in [0.4, 0.5) is 5.69 Å². The van der Waals surface area contributed by atoms with Gasteiger partial charge in [-0.15, -0.1) is 0 Å². The summed E-state index contributed by atoms with van der Waals surface area (Å²) in [6, 6.07) is 15.1. The molecule has 3 N–H and O–H groups in total. The predicted molar refractivity (Wildman–Crippen MR) is 97.3 cm³/mol. The van der Waals surface area contributed by atoms with Crippen molar-refractivity contribution in [3.63, 3.8) is 0 Å². The molecule has 0 unspecified atom stereocenters. The van der Waals surface area contributed by atoms with Crippen LogP contribution in [0.5, 0.6) is 5.75 Å². The van der Waals surface area contributed by atoms with Gasteiger partial charge in [0.25, 0.3) is 0 Å². The van der Waals surface area contributed by atoms with E-state index < -0.39 is 0 Å². The number of aromatic nitrogens is 1. The van der Waals surface area contributed by atoms with Crippen LogP contribution in [-0.4, -0.2) is 10.8 Å². The molecule has 0 aliphatic carbocycles. The SMILES string of the molecule is CC(C)(C)C(=O)c1ccc2[nH]c(COc3ccc(N)cc3)cc2c1. The number of carbonyl (C=O) groups excluding carboxylic acids is 1. The molecule has 4 heteroatoms. The van der Waals surface area contributed by atoms with Crippen molar-refractivity contribution in [1.29, 1.82) is 0 Å². The van der Waals surface area contributed by atoms with Gasteiger partial charge in [0, 0.05) is 27.6 Å². The maximum atomic E-state index is 12.4. The smallest absolute Gasteiger partial charge is 0.168 e. The number of H-pyrrole nitrogens is 1. The number of ketones is 1. The Bertz CT molecular complexity index is 871. The molecule has 0 saturated carbocycles. The molecular weight excluding hydrogens is 300 g/mol. The molecular formula is C20H22N2O2. The molecule has 0 amide bonds. The normalized spacial score (nSPS) is 11.6. The van der Waals surface area contributed by atoms with E-state index in [-0.39, 0.29) is 11.2 Å². The van der Waals surface area contributed by atoms with Crippen molar-refractivity contribution in [3.8, 4) is 5.75 Å². The lowest BCUT2D eigenvalue weighted by atomic mass is 9.86. The number of Topliss-reactive ketones (excluding diaryl/α,β-unsaturated/α-hetero) is 1. The number of rotatable bonds is 4. The topological polar surface area (TPSA) is 68.1 Å². The van der Waals surface area contributed by atoms with Crippen LogP contribution < -0.4 is 10.5 Å². The van der Waals surface area contributed by atoms with Crippen molar-refractivity contribution in [2.45, 2.75) is 27.4 Å². The van der Waals surface area contributed by atoms with Crippen molar-refractivity contribution >= 4 is 22.4 Å². The van der Waals surface area contributed by atoms with E-state index in [4.69, 9.17) is 10.5 Å². The van der Waals surface area contributed by atoms with E-state index in [1.807, 2.05) is 69.3 Å². The molecule has 0 aliphatic rings. The summed E-state index contributed by atoms with van der Waals surface area (Å²) in [5.41, 5.74) is 8.69. The van der Waals surface area contributed by atoms with Crippen LogP contribution in [0, 0.1) is 5.41 Å². The summed E-state index contributed by atoms with van der Waals surface area (Å²) >= 11 is 0. The minimum absolute atomic E-state index is 0.144. The number of anilines is 1. The van der Waals surface area contributed by atoms with Crippen molar-refractivity contribution in [2.75, 3.05) is 5.73 Å². The molecule has 3 rings (SSSR count). The van der Waals surface area contributed by atoms with Gasteiger partial charge in [-0.1, -0.05) is 20.8 Å². The maximum absolute atomic E-state index is 12.4. The van der Waals surface area contributed by atoms with Gasteiger partial charge in [-0.05, 0) is 48.5 Å². The molecule has 0 atom stereocenters. The van der Waals surface area contributed by atoms with Crippen molar-refractivity contribution in [3.05, 3.63) is 59.8 Å². The monoisotopic (exact) mass is 322 g/mol. The molecule has 0 fully saturated rings. The zero-order valence-electron chi connectivity index (χ0n) is 14.2. The Morgan fingerprint density at radius 1 is 1.08 bits per heavy atom. The predicted octanol–water partition coefficient (Wildman–Crippen LogP) is 4.56. The van der Waals surface area contributed by atoms with E-state index in [1.165, 1.54) is 0 Å². The van der Waals surface area contributed by atoms with E-state index in [0.717, 1.165) is 27.9 Å². The summed E-state index contributed by atoms with van der Waals surface area (Å²) < 4.78 is 5.75. The van der Waals surface area contributed by atoms with E-state index in [2.05, 4.69) is 4.98 Å². The van der Waals surface area contributed by atoms with Gasteiger partial charge in [0.2, 0.25) is 0 Å². The number of fused-ring (bicyclic) bond motifs is 1. The minimum atomic E-state index is -0.384. The minimum Gasteiger partial charge on any atom is -0.487 e. The molecule has 0 saturated heterocycles. The van der Waals surface area contributed by atoms with Crippen LogP contribution in [0.15, 0.2) is 48.5 Å². The summed E-state index contributed by atoms with van der Waals surface area (Å²) in [5.74, 6) is 0.914. The number of carbonyl (C=O) groups is 1. The summed E-state index contributed by atoms with van der Waals surface area (Å²) in [4.78, 5) is 15.7. The number of nitrogen functional groups attached to an aromatic ring is 1. The summed E-state index contributed by atoms with van der Waals surface area (Å²) in [6.07, 6.45) is 0. The van der Waals surface area contributed by atoms with E-state index >= 15 is 0 Å². The number of hydrogen-bond acceptors (Lipinski definition) is 3. The van der Waals surface area contributed by atoms with Crippen LogP contribution in [0.25, 0.3) is 10.9 Å². The van der Waals surface area contributed by atoms with Gasteiger partial charge in [-0.2, -0.15) is 0 Å². The van der Waals surface area contributed by atoms with Gasteiger partial charge in [-0.3, -0.25) is 4.79 Å². The summed E-state index contributed by atoms with van der Waals surface area (Å²) in [5, 5.41) is 1.01. The fourth-order valence-electron chi connectivity index (χ4n) is 2.57. The first-order chi connectivity index (χ1) is 11.3. The first kappa shape index (κ1) is 16.1. The maximum Gasteiger partial charge on any atom is 0.168 e. The number of aromatic amines is 1. The van der Waals surface area contributed by atoms with Crippen molar-refractivity contribution in [1.82, 2.24) is 4.98 Å². The molecule has 3 aromatic rings. The number of ether oxygens (including phenoxy) is 1. The van der Waals surface area contributed by atoms with Gasteiger partial charge < -0.3 is 15.5 Å². The Morgan fingerprint density at radius 2 is 1.79 bits per heavy atom. The quantitative estimate of drug-likeness (QED) is 0.546. The van der Waals surface area contributed by atoms with Crippen LogP contribution in [-0.2, 0) is 6.61 Å². The molecule has 124 valence electrons. The summed E-state index contributed by atoms with van der Waals surface area (Å²) in [7, 11) is 0. The zero-order valence-corrected chi connectivity index (χ0v) is 14.2. The molecule has 24 heavy (non-hydrogen) atoms. The molecule has 4 nitrogen and oxygen atoms in total. The Kier molecular flexibility index (Phi) is 4.06. The molecule has 1 aromatic heterocycles. The second-order valence-electron chi connectivity index (χ2n) is 7.03. The van der Waals surface area contributed by atoms with Gasteiger partial charge in [0.1, 0.15) is 12.4 Å². The van der Waals surface area contributed by atoms with Crippen LogP contribution in [0.2, 0.25) is 0 Å². The Balaban J connectivity index is 1.78. The number of hydrogen-bond donors (Lipinski definition) is 2. The van der Waals surface area contributed by atoms with Crippen LogP contribution in [0.1, 0.15) is 36.8 Å². The highest BCUT2D eigenvalue weighted by atomic mass is 16.5. The fraction of sp³-hybridized carbons (Fsp3) is 0.250. The van der Waals surface area contributed by atoms with Gasteiger partial charge in [0.05, 0.1) is 5.69 Å². The largest absolute Gasteiger partial charge is 0.487 e. The van der Waals surface area contributed by atoms with Gasteiger partial charge in [0.15, 0.2) is 5.78 Å².